The highest BCUT2D eigenvalue weighted by molar-refractivity contribution is 5.95. The number of rotatable bonds is 14. The van der Waals surface area contributed by atoms with Gasteiger partial charge in [-0.2, -0.15) is 0 Å². The molecule has 226 valence electrons. The number of likely N-dealkylation sites (tertiary alicyclic amines) is 1. The fraction of sp³-hybridized carbons (Fsp3) is 0.700. The van der Waals surface area contributed by atoms with E-state index in [4.69, 9.17) is 23.7 Å². The summed E-state index contributed by atoms with van der Waals surface area (Å²) < 4.78 is 27.1. The van der Waals surface area contributed by atoms with Crippen LogP contribution in [0.2, 0.25) is 0 Å². The molecular formula is C30H48N2O8. The van der Waals surface area contributed by atoms with Crippen molar-refractivity contribution >= 4 is 18.0 Å². The number of carbonyl (C=O) groups excluding carboxylic acids is 3. The van der Waals surface area contributed by atoms with Gasteiger partial charge in [0.15, 0.2) is 11.5 Å². The third-order valence-electron chi connectivity index (χ3n) is 6.73. The lowest BCUT2D eigenvalue weighted by Crippen LogP contribution is -2.42. The number of nitrogens with zero attached hydrogens (tertiary/aromatic N) is 2. The van der Waals surface area contributed by atoms with Crippen LogP contribution in [-0.2, 0) is 19.0 Å². The molecule has 1 aliphatic heterocycles. The van der Waals surface area contributed by atoms with Gasteiger partial charge in [-0.3, -0.25) is 9.59 Å². The zero-order valence-corrected chi connectivity index (χ0v) is 25.5. The van der Waals surface area contributed by atoms with Crippen LogP contribution >= 0.6 is 0 Å². The molecule has 0 aliphatic carbocycles. The SMILES string of the molecule is CCOC(=O)CCC1CN(C(=O)OC(C)(C)C)CC1CN(C(=O)c1ccc(OC)c(OCCCOC)c1)C(C)C. The maximum Gasteiger partial charge on any atom is 0.410 e. The number of ether oxygens (including phenoxy) is 5. The number of hydrogen-bond acceptors (Lipinski definition) is 8. The van der Waals surface area contributed by atoms with E-state index in [0.29, 0.717) is 69.4 Å². The number of hydrogen-bond donors (Lipinski definition) is 0. The van der Waals surface area contributed by atoms with Gasteiger partial charge in [-0.05, 0) is 78.0 Å². The molecule has 40 heavy (non-hydrogen) atoms. The topological polar surface area (TPSA) is 104 Å². The van der Waals surface area contributed by atoms with Crippen molar-refractivity contribution in [1.29, 1.82) is 0 Å². The van der Waals surface area contributed by atoms with Gasteiger partial charge in [0, 0.05) is 57.8 Å². The minimum atomic E-state index is -0.618. The highest BCUT2D eigenvalue weighted by Crippen LogP contribution is 2.32. The Morgan fingerprint density at radius 2 is 1.75 bits per heavy atom. The van der Waals surface area contributed by atoms with Crippen molar-refractivity contribution < 1.29 is 38.1 Å². The van der Waals surface area contributed by atoms with E-state index in [1.165, 1.54) is 0 Å². The fourth-order valence-electron chi connectivity index (χ4n) is 4.74. The lowest BCUT2D eigenvalue weighted by atomic mass is 9.90. The molecule has 0 saturated carbocycles. The lowest BCUT2D eigenvalue weighted by molar-refractivity contribution is -0.143. The first kappa shape index (κ1) is 33.2. The second kappa shape index (κ2) is 15.7. The Morgan fingerprint density at radius 3 is 2.35 bits per heavy atom. The van der Waals surface area contributed by atoms with Crippen LogP contribution in [0.25, 0.3) is 0 Å². The summed E-state index contributed by atoms with van der Waals surface area (Å²) in [7, 11) is 3.20. The Hall–Kier alpha value is -3.01. The quantitative estimate of drug-likeness (QED) is 0.235. The molecule has 0 N–H and O–H groups in total. The monoisotopic (exact) mass is 564 g/mol. The molecule has 1 aromatic carbocycles. The molecule has 1 heterocycles. The van der Waals surface area contributed by atoms with Crippen LogP contribution in [0, 0.1) is 11.8 Å². The summed E-state index contributed by atoms with van der Waals surface area (Å²) in [5.41, 5.74) is -0.130. The molecule has 2 atom stereocenters. The normalized spacial score (nSPS) is 17.1. The van der Waals surface area contributed by atoms with Gasteiger partial charge in [0.05, 0.1) is 20.3 Å². The van der Waals surface area contributed by atoms with E-state index in [2.05, 4.69) is 0 Å². The molecular weight excluding hydrogens is 516 g/mol. The molecule has 1 aliphatic rings. The molecule has 2 unspecified atom stereocenters. The number of amides is 2. The Labute approximate surface area is 239 Å². The maximum atomic E-state index is 13.8. The van der Waals surface area contributed by atoms with Crippen molar-refractivity contribution in [3.05, 3.63) is 23.8 Å². The third kappa shape index (κ3) is 10.2. The van der Waals surface area contributed by atoms with E-state index in [1.807, 2.05) is 39.5 Å². The molecule has 2 amide bonds. The van der Waals surface area contributed by atoms with E-state index >= 15 is 0 Å². The minimum Gasteiger partial charge on any atom is -0.493 e. The van der Waals surface area contributed by atoms with Crippen LogP contribution in [0.5, 0.6) is 11.5 Å². The summed E-state index contributed by atoms with van der Waals surface area (Å²) in [6.45, 7) is 13.9. The highest BCUT2D eigenvalue weighted by Gasteiger charge is 2.39. The molecule has 1 aromatic rings. The van der Waals surface area contributed by atoms with E-state index in [0.717, 1.165) is 0 Å². The smallest absolute Gasteiger partial charge is 0.410 e. The molecule has 0 radical (unpaired) electrons. The standard InChI is InChI=1S/C30H48N2O8/c1-9-38-27(33)14-12-23-18-31(29(35)40-30(4,5)6)19-24(23)20-32(21(2)3)28(34)22-11-13-25(37-8)26(17-22)39-16-10-15-36-7/h11,13,17,21,23-24H,9-10,12,14-16,18-20H2,1-8H3. The van der Waals surface area contributed by atoms with E-state index in [9.17, 15) is 14.4 Å². The fourth-order valence-corrected chi connectivity index (χ4v) is 4.74. The predicted octanol–water partition coefficient (Wildman–Crippen LogP) is 4.79. The van der Waals surface area contributed by atoms with Crippen molar-refractivity contribution in [2.45, 2.75) is 72.4 Å². The van der Waals surface area contributed by atoms with Crippen molar-refractivity contribution in [1.82, 2.24) is 9.80 Å². The van der Waals surface area contributed by atoms with Gasteiger partial charge in [0.1, 0.15) is 5.60 Å². The largest absolute Gasteiger partial charge is 0.493 e. The number of methoxy groups -OCH3 is 2. The molecule has 1 saturated heterocycles. The van der Waals surface area contributed by atoms with E-state index < -0.39 is 5.60 Å². The zero-order valence-electron chi connectivity index (χ0n) is 25.5. The summed E-state index contributed by atoms with van der Waals surface area (Å²) in [5, 5.41) is 0. The Balaban J connectivity index is 2.24. The van der Waals surface area contributed by atoms with Crippen molar-refractivity contribution in [3.63, 3.8) is 0 Å². The summed E-state index contributed by atoms with van der Waals surface area (Å²) in [5.74, 6) is 0.632. The van der Waals surface area contributed by atoms with Gasteiger partial charge in [-0.25, -0.2) is 4.79 Å². The summed E-state index contributed by atoms with van der Waals surface area (Å²) in [6.07, 6.45) is 1.14. The average Bonchev–Trinajstić information content (AvgIpc) is 3.30. The van der Waals surface area contributed by atoms with E-state index in [-0.39, 0.29) is 42.3 Å². The Kier molecular flexibility index (Phi) is 13.0. The maximum absolute atomic E-state index is 13.8. The minimum absolute atomic E-state index is 0.0153. The van der Waals surface area contributed by atoms with Crippen LogP contribution in [0.4, 0.5) is 4.79 Å². The van der Waals surface area contributed by atoms with Gasteiger partial charge >= 0.3 is 12.1 Å². The second-order valence-corrected chi connectivity index (χ2v) is 11.4. The molecule has 10 heteroatoms. The van der Waals surface area contributed by atoms with Gasteiger partial charge in [0.25, 0.3) is 5.91 Å². The van der Waals surface area contributed by atoms with Crippen LogP contribution in [0.15, 0.2) is 18.2 Å². The van der Waals surface area contributed by atoms with Crippen molar-refractivity contribution in [3.8, 4) is 11.5 Å². The summed E-state index contributed by atoms with van der Waals surface area (Å²) in [6, 6.07) is 5.09. The van der Waals surface area contributed by atoms with Gasteiger partial charge in [0.2, 0.25) is 0 Å². The molecule has 10 nitrogen and oxygen atoms in total. The first-order valence-corrected chi connectivity index (χ1v) is 14.1. The van der Waals surface area contributed by atoms with Gasteiger partial charge < -0.3 is 33.5 Å². The number of benzene rings is 1. The van der Waals surface area contributed by atoms with Crippen molar-refractivity contribution in [2.75, 3.05) is 53.7 Å². The first-order chi connectivity index (χ1) is 18.9. The Bertz CT molecular complexity index is 975. The molecule has 1 fully saturated rings. The lowest BCUT2D eigenvalue weighted by Gasteiger charge is -2.31. The van der Waals surface area contributed by atoms with Crippen LogP contribution in [0.1, 0.15) is 71.2 Å². The summed E-state index contributed by atoms with van der Waals surface area (Å²) in [4.78, 5) is 42.3. The second-order valence-electron chi connectivity index (χ2n) is 11.4. The molecule has 0 bridgehead atoms. The summed E-state index contributed by atoms with van der Waals surface area (Å²) >= 11 is 0. The number of esters is 1. The average molecular weight is 565 g/mol. The predicted molar refractivity (Wildman–Crippen MR) is 152 cm³/mol. The third-order valence-corrected chi connectivity index (χ3v) is 6.73. The van der Waals surface area contributed by atoms with Gasteiger partial charge in [-0.15, -0.1) is 0 Å². The van der Waals surface area contributed by atoms with Crippen LogP contribution < -0.4 is 9.47 Å². The van der Waals surface area contributed by atoms with Crippen LogP contribution in [-0.4, -0.2) is 93.1 Å². The van der Waals surface area contributed by atoms with Crippen molar-refractivity contribution in [2.24, 2.45) is 11.8 Å². The molecule has 2 rings (SSSR count). The van der Waals surface area contributed by atoms with Crippen LogP contribution in [0.3, 0.4) is 0 Å². The Morgan fingerprint density at radius 1 is 1.05 bits per heavy atom. The highest BCUT2D eigenvalue weighted by atomic mass is 16.6. The van der Waals surface area contributed by atoms with Gasteiger partial charge in [-0.1, -0.05) is 0 Å². The number of carbonyl (C=O) groups is 3. The van der Waals surface area contributed by atoms with E-state index in [1.54, 1.807) is 44.2 Å². The molecule has 0 spiro atoms. The first-order valence-electron chi connectivity index (χ1n) is 14.1. The zero-order chi connectivity index (χ0) is 29.9. The molecule has 0 aromatic heterocycles.